The molecule has 1 rings (SSSR count). The van der Waals surface area contributed by atoms with Gasteiger partial charge in [-0.3, -0.25) is 9.59 Å². The third-order valence-electron chi connectivity index (χ3n) is 1.24. The maximum atomic E-state index is 10.5. The minimum atomic E-state index is -0.585. The molecule has 0 aromatic carbocycles. The first-order valence-corrected chi connectivity index (χ1v) is 3.03. The lowest BCUT2D eigenvalue weighted by atomic mass is 10.2. The number of carbonyl (C=O) groups is 2. The summed E-state index contributed by atoms with van der Waals surface area (Å²) in [5.41, 5.74) is 5.19. The van der Waals surface area contributed by atoms with E-state index in [4.69, 9.17) is 10.5 Å². The molecule has 0 saturated carbocycles. The van der Waals surface area contributed by atoms with Crippen molar-refractivity contribution in [1.29, 1.82) is 0 Å². The standard InChI is InChI=1S/C7H7NO3/c8-7(10)5-1-2-6(3-9)11-4-5/h1-4,6H,(H2,8,10). The molecule has 2 N–H and O–H groups in total. The van der Waals surface area contributed by atoms with Gasteiger partial charge in [0.05, 0.1) is 11.8 Å². The van der Waals surface area contributed by atoms with Crippen LogP contribution in [0.3, 0.4) is 0 Å². The molecule has 1 unspecified atom stereocenters. The fourth-order valence-electron chi connectivity index (χ4n) is 0.653. The summed E-state index contributed by atoms with van der Waals surface area (Å²) < 4.78 is 4.78. The third-order valence-corrected chi connectivity index (χ3v) is 1.24. The lowest BCUT2D eigenvalue weighted by Gasteiger charge is -2.10. The van der Waals surface area contributed by atoms with Crippen molar-refractivity contribution in [2.45, 2.75) is 6.10 Å². The van der Waals surface area contributed by atoms with Crippen molar-refractivity contribution in [2.75, 3.05) is 0 Å². The highest BCUT2D eigenvalue weighted by molar-refractivity contribution is 5.94. The molecule has 0 saturated heterocycles. The van der Waals surface area contributed by atoms with E-state index in [9.17, 15) is 9.59 Å². The molecule has 0 aromatic heterocycles. The Labute approximate surface area is 63.3 Å². The molecule has 0 aromatic rings. The van der Waals surface area contributed by atoms with E-state index >= 15 is 0 Å². The summed E-state index contributed by atoms with van der Waals surface area (Å²) in [7, 11) is 0. The number of rotatable bonds is 2. The number of nitrogens with two attached hydrogens (primary N) is 1. The molecule has 0 bridgehead atoms. The van der Waals surface area contributed by atoms with Gasteiger partial charge in [-0.05, 0) is 12.2 Å². The second-order valence-corrected chi connectivity index (χ2v) is 2.03. The zero-order valence-corrected chi connectivity index (χ0v) is 5.69. The maximum absolute atomic E-state index is 10.5. The highest BCUT2D eigenvalue weighted by atomic mass is 16.5. The van der Waals surface area contributed by atoms with E-state index in [1.54, 1.807) is 0 Å². The molecule has 0 spiro atoms. The average Bonchev–Trinajstić information content (AvgIpc) is 2.05. The minimum Gasteiger partial charge on any atom is -0.486 e. The molecule has 58 valence electrons. The summed E-state index contributed by atoms with van der Waals surface area (Å²) in [5, 5.41) is 0. The van der Waals surface area contributed by atoms with Gasteiger partial charge in [-0.25, -0.2) is 0 Å². The van der Waals surface area contributed by atoms with Crippen LogP contribution in [0, 0.1) is 0 Å². The van der Waals surface area contributed by atoms with Gasteiger partial charge < -0.3 is 10.5 Å². The van der Waals surface area contributed by atoms with Crippen LogP contribution in [-0.2, 0) is 14.3 Å². The first kappa shape index (κ1) is 7.53. The summed E-state index contributed by atoms with van der Waals surface area (Å²) in [6.07, 6.45) is 4.16. The smallest absolute Gasteiger partial charge is 0.251 e. The maximum Gasteiger partial charge on any atom is 0.251 e. The van der Waals surface area contributed by atoms with E-state index < -0.39 is 12.0 Å². The largest absolute Gasteiger partial charge is 0.486 e. The molecule has 4 nitrogen and oxygen atoms in total. The number of carbonyl (C=O) groups excluding carboxylic acids is 2. The van der Waals surface area contributed by atoms with Crippen LogP contribution in [-0.4, -0.2) is 18.3 Å². The van der Waals surface area contributed by atoms with Crippen molar-refractivity contribution in [3.8, 4) is 0 Å². The van der Waals surface area contributed by atoms with Crippen LogP contribution >= 0.6 is 0 Å². The van der Waals surface area contributed by atoms with E-state index in [1.807, 2.05) is 0 Å². The number of primary amides is 1. The van der Waals surface area contributed by atoms with Crippen molar-refractivity contribution in [1.82, 2.24) is 0 Å². The molecule has 1 heterocycles. The highest BCUT2D eigenvalue weighted by Crippen LogP contribution is 2.06. The molecular formula is C7H7NO3. The van der Waals surface area contributed by atoms with Gasteiger partial charge in [-0.15, -0.1) is 0 Å². The lowest BCUT2D eigenvalue weighted by molar-refractivity contribution is -0.116. The van der Waals surface area contributed by atoms with Gasteiger partial charge in [0.2, 0.25) is 0 Å². The quantitative estimate of drug-likeness (QED) is 0.544. The Morgan fingerprint density at radius 3 is 2.82 bits per heavy atom. The summed E-state index contributed by atoms with van der Waals surface area (Å²) >= 11 is 0. The molecule has 0 fully saturated rings. The summed E-state index contributed by atoms with van der Waals surface area (Å²) in [6.45, 7) is 0. The van der Waals surface area contributed by atoms with Gasteiger partial charge in [0, 0.05) is 0 Å². The van der Waals surface area contributed by atoms with E-state index in [1.165, 1.54) is 18.4 Å². The molecule has 0 radical (unpaired) electrons. The van der Waals surface area contributed by atoms with E-state index in [0.717, 1.165) is 0 Å². The molecular weight excluding hydrogens is 146 g/mol. The summed E-state index contributed by atoms with van der Waals surface area (Å²) in [5.74, 6) is -0.564. The number of ether oxygens (including phenoxy) is 1. The zero-order valence-electron chi connectivity index (χ0n) is 5.69. The van der Waals surface area contributed by atoms with Crippen molar-refractivity contribution >= 4 is 12.2 Å². The number of aldehydes is 1. The Hall–Kier alpha value is -1.58. The van der Waals surface area contributed by atoms with Crippen LogP contribution in [0.25, 0.3) is 0 Å². The third kappa shape index (κ3) is 1.67. The minimum absolute atomic E-state index is 0.267. The SMILES string of the molecule is NC(=O)C1=COC(C=O)C=C1. The van der Waals surface area contributed by atoms with Gasteiger partial charge in [0.15, 0.2) is 12.4 Å². The Kier molecular flexibility index (Phi) is 2.06. The van der Waals surface area contributed by atoms with E-state index in [-0.39, 0.29) is 5.57 Å². The fourth-order valence-corrected chi connectivity index (χ4v) is 0.653. The van der Waals surface area contributed by atoms with Crippen molar-refractivity contribution in [3.63, 3.8) is 0 Å². The normalized spacial score (nSPS) is 21.8. The Morgan fingerprint density at radius 1 is 1.73 bits per heavy atom. The summed E-state index contributed by atoms with van der Waals surface area (Å²) in [6, 6.07) is 0. The van der Waals surface area contributed by atoms with Gasteiger partial charge >= 0.3 is 0 Å². The van der Waals surface area contributed by atoms with Crippen LogP contribution in [0.15, 0.2) is 24.0 Å². The predicted molar refractivity (Wildman–Crippen MR) is 37.4 cm³/mol. The predicted octanol–water partition coefficient (Wildman–Crippen LogP) is -0.491. The fraction of sp³-hybridized carbons (Fsp3) is 0.143. The highest BCUT2D eigenvalue weighted by Gasteiger charge is 2.10. The zero-order chi connectivity index (χ0) is 8.27. The van der Waals surface area contributed by atoms with Crippen molar-refractivity contribution in [2.24, 2.45) is 5.73 Å². The summed E-state index contributed by atoms with van der Waals surface area (Å²) in [4.78, 5) is 20.6. The van der Waals surface area contributed by atoms with E-state index in [0.29, 0.717) is 6.29 Å². The van der Waals surface area contributed by atoms with Gasteiger partial charge in [-0.1, -0.05) is 0 Å². The number of amides is 1. The molecule has 0 aliphatic carbocycles. The second kappa shape index (κ2) is 3.01. The molecule has 1 amide bonds. The van der Waals surface area contributed by atoms with Crippen LogP contribution in [0.1, 0.15) is 0 Å². The van der Waals surface area contributed by atoms with Crippen LogP contribution in [0.4, 0.5) is 0 Å². The van der Waals surface area contributed by atoms with Crippen LogP contribution in [0.2, 0.25) is 0 Å². The average molecular weight is 153 g/mol. The molecule has 1 aliphatic heterocycles. The van der Waals surface area contributed by atoms with Crippen LogP contribution < -0.4 is 5.73 Å². The molecule has 11 heavy (non-hydrogen) atoms. The van der Waals surface area contributed by atoms with Crippen molar-refractivity contribution < 1.29 is 14.3 Å². The molecule has 1 aliphatic rings. The molecule has 1 atom stereocenters. The number of hydrogen-bond donors (Lipinski definition) is 1. The van der Waals surface area contributed by atoms with Crippen molar-refractivity contribution in [3.05, 3.63) is 24.0 Å². The van der Waals surface area contributed by atoms with Crippen LogP contribution in [0.5, 0.6) is 0 Å². The van der Waals surface area contributed by atoms with Gasteiger partial charge in [0.25, 0.3) is 5.91 Å². The monoisotopic (exact) mass is 153 g/mol. The van der Waals surface area contributed by atoms with Gasteiger partial charge in [-0.2, -0.15) is 0 Å². The second-order valence-electron chi connectivity index (χ2n) is 2.03. The Bertz CT molecular complexity index is 242. The molecule has 4 heteroatoms. The Morgan fingerprint density at radius 2 is 2.45 bits per heavy atom. The first-order chi connectivity index (χ1) is 5.24. The topological polar surface area (TPSA) is 69.4 Å². The lowest BCUT2D eigenvalue weighted by Crippen LogP contribution is -2.18. The van der Waals surface area contributed by atoms with E-state index in [2.05, 4.69) is 0 Å². The number of hydrogen-bond acceptors (Lipinski definition) is 3. The van der Waals surface area contributed by atoms with Gasteiger partial charge in [0.1, 0.15) is 0 Å². The Balaban J connectivity index is 2.66. The first-order valence-electron chi connectivity index (χ1n) is 3.03.